The van der Waals surface area contributed by atoms with Gasteiger partial charge in [0.1, 0.15) is 0 Å². The zero-order chi connectivity index (χ0) is 22.4. The van der Waals surface area contributed by atoms with Crippen molar-refractivity contribution in [3.8, 4) is 0 Å². The van der Waals surface area contributed by atoms with E-state index in [0.717, 1.165) is 39.3 Å². The molecule has 0 aromatic rings. The Morgan fingerprint density at radius 2 is 0.844 bits per heavy atom. The van der Waals surface area contributed by atoms with Gasteiger partial charge in [0.15, 0.2) is 0 Å². The van der Waals surface area contributed by atoms with E-state index in [2.05, 4.69) is 54.6 Å². The van der Waals surface area contributed by atoms with Gasteiger partial charge in [-0.2, -0.15) is 23.5 Å². The lowest BCUT2D eigenvalue weighted by molar-refractivity contribution is 0.202. The van der Waals surface area contributed by atoms with Crippen LogP contribution in [0.3, 0.4) is 0 Å². The van der Waals surface area contributed by atoms with Crippen LogP contribution in [-0.2, 0) is 0 Å². The van der Waals surface area contributed by atoms with Crippen molar-refractivity contribution in [3.63, 3.8) is 0 Å². The molecule has 0 aliphatic carbocycles. The number of nitrogens with one attached hydrogen (secondary N) is 4. The van der Waals surface area contributed by atoms with Gasteiger partial charge in [0.25, 0.3) is 0 Å². The molecule has 0 aromatic heterocycles. The Morgan fingerprint density at radius 1 is 0.406 bits per heavy atom. The average molecular weight is 489 g/mol. The van der Waals surface area contributed by atoms with Gasteiger partial charge in [-0.25, -0.2) is 0 Å². The summed E-state index contributed by atoms with van der Waals surface area (Å²) in [6, 6.07) is 0. The van der Waals surface area contributed by atoms with Crippen LogP contribution >= 0.6 is 23.5 Å². The maximum Gasteiger partial charge on any atom is 0.0110 e. The molecule has 2 fully saturated rings. The van der Waals surface area contributed by atoms with Crippen LogP contribution in [0.4, 0.5) is 0 Å². The van der Waals surface area contributed by atoms with Crippen molar-refractivity contribution < 1.29 is 0 Å². The summed E-state index contributed by atoms with van der Waals surface area (Å²) in [4.78, 5) is 5.46. The molecule has 6 nitrogen and oxygen atoms in total. The third-order valence-electron chi connectivity index (χ3n) is 6.16. The van der Waals surface area contributed by atoms with E-state index in [9.17, 15) is 0 Å². The summed E-state index contributed by atoms with van der Waals surface area (Å²) in [5, 5.41) is 14.4. The van der Waals surface area contributed by atoms with Crippen molar-refractivity contribution in [2.45, 2.75) is 38.5 Å². The highest BCUT2D eigenvalue weighted by atomic mass is 32.2. The molecule has 190 valence electrons. The van der Waals surface area contributed by atoms with E-state index in [1.165, 1.54) is 114 Å². The minimum atomic E-state index is 1.09. The first-order chi connectivity index (χ1) is 15.9. The maximum atomic E-state index is 3.65. The van der Waals surface area contributed by atoms with Gasteiger partial charge >= 0.3 is 0 Å². The fourth-order valence-corrected chi connectivity index (χ4v) is 5.99. The van der Waals surface area contributed by atoms with Crippen LogP contribution in [0, 0.1) is 0 Å². The molecule has 0 radical (unpaired) electrons. The van der Waals surface area contributed by atoms with Crippen LogP contribution in [0.15, 0.2) is 0 Å². The van der Waals surface area contributed by atoms with Gasteiger partial charge < -0.3 is 31.1 Å². The number of rotatable bonds is 3. The lowest BCUT2D eigenvalue weighted by Gasteiger charge is -2.28. The number of hydrogen-bond acceptors (Lipinski definition) is 8. The summed E-state index contributed by atoms with van der Waals surface area (Å²) in [5.41, 5.74) is 0. The first-order valence-electron chi connectivity index (χ1n) is 13.4. The third-order valence-corrected chi connectivity index (χ3v) is 8.47. The second-order valence-electron chi connectivity index (χ2n) is 9.03. The Hall–Kier alpha value is 0.460. The van der Waals surface area contributed by atoms with Crippen molar-refractivity contribution >= 4 is 23.5 Å². The Labute approximate surface area is 207 Å². The molecular weight excluding hydrogens is 436 g/mol. The summed E-state index contributed by atoms with van der Waals surface area (Å²) in [5.74, 6) is 5.26. The largest absolute Gasteiger partial charge is 0.317 e. The fraction of sp³-hybridized carbons (Fsp3) is 1.00. The highest BCUT2D eigenvalue weighted by Crippen LogP contribution is 2.09. The van der Waals surface area contributed by atoms with Gasteiger partial charge in [-0.15, -0.1) is 0 Å². The SMILES string of the molecule is C1CNCCNCCCN(CCN2CCCSCCCNCCCSCCC2)CCNC1. The summed E-state index contributed by atoms with van der Waals surface area (Å²) in [6.45, 7) is 16.5. The van der Waals surface area contributed by atoms with Crippen LogP contribution in [0.25, 0.3) is 0 Å². The zero-order valence-corrected chi connectivity index (χ0v) is 22.3. The third kappa shape index (κ3) is 17.0. The Morgan fingerprint density at radius 3 is 1.50 bits per heavy atom. The summed E-state index contributed by atoms with van der Waals surface area (Å²) >= 11 is 4.31. The quantitative estimate of drug-likeness (QED) is 0.480. The van der Waals surface area contributed by atoms with Crippen molar-refractivity contribution in [2.75, 3.05) is 115 Å². The summed E-state index contributed by atoms with van der Waals surface area (Å²) in [6.07, 6.45) is 7.78. The first-order valence-corrected chi connectivity index (χ1v) is 15.7. The molecule has 0 spiro atoms. The topological polar surface area (TPSA) is 54.6 Å². The molecule has 2 aliphatic rings. The van der Waals surface area contributed by atoms with Gasteiger partial charge in [0, 0.05) is 39.3 Å². The molecule has 2 heterocycles. The molecule has 0 unspecified atom stereocenters. The number of thioether (sulfide) groups is 2. The lowest BCUT2D eigenvalue weighted by atomic mass is 10.3. The van der Waals surface area contributed by atoms with Gasteiger partial charge in [0.05, 0.1) is 0 Å². The van der Waals surface area contributed by atoms with Crippen molar-refractivity contribution in [1.82, 2.24) is 31.1 Å². The average Bonchev–Trinajstić information content (AvgIpc) is 2.80. The van der Waals surface area contributed by atoms with E-state index in [1.807, 2.05) is 0 Å². The molecule has 2 saturated heterocycles. The number of nitrogens with zero attached hydrogens (tertiary/aromatic N) is 2. The van der Waals surface area contributed by atoms with Crippen molar-refractivity contribution in [3.05, 3.63) is 0 Å². The predicted molar refractivity (Wildman–Crippen MR) is 147 cm³/mol. The number of hydrogen-bond donors (Lipinski definition) is 4. The van der Waals surface area contributed by atoms with E-state index in [0.29, 0.717) is 0 Å². The molecule has 0 atom stereocenters. The molecule has 0 aromatic carbocycles. The predicted octanol–water partition coefficient (Wildman–Crippen LogP) is 1.78. The first kappa shape index (κ1) is 28.7. The Balaban J connectivity index is 1.72. The second-order valence-corrected chi connectivity index (χ2v) is 11.5. The van der Waals surface area contributed by atoms with Crippen molar-refractivity contribution in [1.29, 1.82) is 0 Å². The Kier molecular flexibility index (Phi) is 19.7. The molecule has 0 amide bonds. The normalized spacial score (nSPS) is 25.1. The van der Waals surface area contributed by atoms with Gasteiger partial charge in [-0.3, -0.25) is 0 Å². The molecule has 4 N–H and O–H groups in total. The van der Waals surface area contributed by atoms with Crippen LogP contribution < -0.4 is 21.3 Å². The van der Waals surface area contributed by atoms with E-state index < -0.39 is 0 Å². The molecule has 0 bridgehead atoms. The monoisotopic (exact) mass is 488 g/mol. The highest BCUT2D eigenvalue weighted by molar-refractivity contribution is 7.99. The molecule has 32 heavy (non-hydrogen) atoms. The van der Waals surface area contributed by atoms with E-state index in [1.54, 1.807) is 0 Å². The molecule has 2 rings (SSSR count). The van der Waals surface area contributed by atoms with Gasteiger partial charge in [-0.05, 0) is 114 Å². The van der Waals surface area contributed by atoms with Crippen molar-refractivity contribution in [2.24, 2.45) is 0 Å². The Bertz CT molecular complexity index is 375. The summed E-state index contributed by atoms with van der Waals surface area (Å²) < 4.78 is 0. The molecule has 0 saturated carbocycles. The van der Waals surface area contributed by atoms with Crippen LogP contribution in [0.2, 0.25) is 0 Å². The van der Waals surface area contributed by atoms with Crippen LogP contribution in [0.1, 0.15) is 38.5 Å². The second kappa shape index (κ2) is 22.0. The van der Waals surface area contributed by atoms with E-state index >= 15 is 0 Å². The minimum Gasteiger partial charge on any atom is -0.317 e. The smallest absolute Gasteiger partial charge is 0.0110 e. The van der Waals surface area contributed by atoms with E-state index in [-0.39, 0.29) is 0 Å². The standard InChI is InChI=1S/C24H52N6S2/c1-7-26-12-13-27-9-2-15-30(18-14-28-8-1)20-19-29-16-5-23-31-21-3-10-25-11-4-22-32-24-6-17-29/h25-28H,1-24H2. The highest BCUT2D eigenvalue weighted by Gasteiger charge is 2.10. The zero-order valence-electron chi connectivity index (χ0n) is 20.7. The van der Waals surface area contributed by atoms with Crippen LogP contribution in [-0.4, -0.2) is 124 Å². The lowest BCUT2D eigenvalue weighted by Crippen LogP contribution is -2.41. The summed E-state index contributed by atoms with van der Waals surface area (Å²) in [7, 11) is 0. The van der Waals surface area contributed by atoms with Gasteiger partial charge in [-0.1, -0.05) is 0 Å². The minimum absolute atomic E-state index is 1.09. The van der Waals surface area contributed by atoms with Crippen LogP contribution in [0.5, 0.6) is 0 Å². The fourth-order valence-electron chi connectivity index (χ4n) is 4.22. The van der Waals surface area contributed by atoms with E-state index in [4.69, 9.17) is 0 Å². The molecule has 8 heteroatoms. The maximum absolute atomic E-state index is 3.65. The van der Waals surface area contributed by atoms with Gasteiger partial charge in [0.2, 0.25) is 0 Å². The molecular formula is C24H52N6S2. The molecule has 2 aliphatic heterocycles.